The van der Waals surface area contributed by atoms with Crippen molar-refractivity contribution in [2.24, 2.45) is 0 Å². The highest BCUT2D eigenvalue weighted by Crippen LogP contribution is 2.13. The molecular formula is C54H90O6. The quantitative estimate of drug-likeness (QED) is 0.0263. The summed E-state index contributed by atoms with van der Waals surface area (Å²) in [7, 11) is 0. The lowest BCUT2D eigenvalue weighted by Crippen LogP contribution is -2.30. The van der Waals surface area contributed by atoms with Crippen molar-refractivity contribution in [3.8, 4) is 0 Å². The zero-order valence-corrected chi connectivity index (χ0v) is 38.9. The molecule has 6 nitrogen and oxygen atoms in total. The van der Waals surface area contributed by atoms with Gasteiger partial charge in [0.1, 0.15) is 13.2 Å². The smallest absolute Gasteiger partial charge is 0.306 e. The number of hydrogen-bond acceptors (Lipinski definition) is 6. The summed E-state index contributed by atoms with van der Waals surface area (Å²) in [4.78, 5) is 37.7. The van der Waals surface area contributed by atoms with Gasteiger partial charge in [-0.05, 0) is 89.9 Å². The minimum Gasteiger partial charge on any atom is -0.462 e. The lowest BCUT2D eigenvalue weighted by atomic mass is 10.1. The van der Waals surface area contributed by atoms with Crippen molar-refractivity contribution in [1.29, 1.82) is 0 Å². The minimum absolute atomic E-state index is 0.0881. The first-order chi connectivity index (χ1) is 29.5. The minimum atomic E-state index is -0.787. The van der Waals surface area contributed by atoms with Crippen LogP contribution in [0.1, 0.15) is 220 Å². The van der Waals surface area contributed by atoms with Crippen LogP contribution >= 0.6 is 0 Å². The van der Waals surface area contributed by atoms with Gasteiger partial charge in [-0.1, -0.05) is 196 Å². The number of carbonyl (C=O) groups excluding carboxylic acids is 3. The molecule has 342 valence electrons. The van der Waals surface area contributed by atoms with E-state index in [2.05, 4.69) is 106 Å². The van der Waals surface area contributed by atoms with Crippen molar-refractivity contribution in [3.05, 3.63) is 85.1 Å². The van der Waals surface area contributed by atoms with Gasteiger partial charge in [-0.15, -0.1) is 0 Å². The van der Waals surface area contributed by atoms with Gasteiger partial charge in [0.25, 0.3) is 0 Å². The Morgan fingerprint density at radius 3 is 1.08 bits per heavy atom. The van der Waals surface area contributed by atoms with E-state index in [9.17, 15) is 14.4 Å². The van der Waals surface area contributed by atoms with E-state index in [1.807, 2.05) is 0 Å². The fraction of sp³-hybridized carbons (Fsp3) is 0.685. The second-order valence-electron chi connectivity index (χ2n) is 16.0. The monoisotopic (exact) mass is 835 g/mol. The largest absolute Gasteiger partial charge is 0.462 e. The van der Waals surface area contributed by atoms with Gasteiger partial charge >= 0.3 is 17.9 Å². The third-order valence-corrected chi connectivity index (χ3v) is 10.1. The van der Waals surface area contributed by atoms with E-state index >= 15 is 0 Å². The van der Waals surface area contributed by atoms with E-state index in [4.69, 9.17) is 14.2 Å². The predicted molar refractivity (Wildman–Crippen MR) is 256 cm³/mol. The molecule has 0 heterocycles. The molecule has 60 heavy (non-hydrogen) atoms. The number of unbranched alkanes of at least 4 members (excludes halogenated alkanes) is 18. The Morgan fingerprint density at radius 1 is 0.350 bits per heavy atom. The van der Waals surface area contributed by atoms with Gasteiger partial charge in [-0.3, -0.25) is 14.4 Å². The summed E-state index contributed by atoms with van der Waals surface area (Å²) >= 11 is 0. The zero-order chi connectivity index (χ0) is 43.7. The average molecular weight is 835 g/mol. The SMILES string of the molecule is CC/C=C\C/C=C\C/C=C\C/C=C\C/C=C\C/C=C\CCCCCCC(=O)OCC(COC(=O)CCCCCCCCCC)OC(=O)CCCCCCC/C=C\CCCC. The molecule has 0 aromatic rings. The molecule has 0 rings (SSSR count). The van der Waals surface area contributed by atoms with Crippen molar-refractivity contribution in [3.63, 3.8) is 0 Å². The summed E-state index contributed by atoms with van der Waals surface area (Å²) in [5, 5.41) is 0. The number of allylic oxidation sites excluding steroid dienone is 14. The molecule has 0 spiro atoms. The van der Waals surface area contributed by atoms with Crippen molar-refractivity contribution in [2.75, 3.05) is 13.2 Å². The van der Waals surface area contributed by atoms with E-state index in [0.717, 1.165) is 122 Å². The molecule has 0 saturated carbocycles. The topological polar surface area (TPSA) is 78.9 Å². The molecule has 1 unspecified atom stereocenters. The molecule has 0 radical (unpaired) electrons. The van der Waals surface area contributed by atoms with Crippen LogP contribution in [0.25, 0.3) is 0 Å². The molecule has 0 aliphatic rings. The maximum atomic E-state index is 12.7. The number of rotatable bonds is 43. The summed E-state index contributed by atoms with van der Waals surface area (Å²) in [6.45, 7) is 6.41. The van der Waals surface area contributed by atoms with Crippen LogP contribution in [0.3, 0.4) is 0 Å². The number of ether oxygens (including phenoxy) is 3. The molecule has 6 heteroatoms. The number of esters is 3. The summed E-state index contributed by atoms with van der Waals surface area (Å²) in [6, 6.07) is 0. The van der Waals surface area contributed by atoms with Crippen molar-refractivity contribution < 1.29 is 28.6 Å². The summed E-state index contributed by atoms with van der Waals surface area (Å²) in [6.07, 6.45) is 61.5. The molecular weight excluding hydrogens is 745 g/mol. The normalized spacial score (nSPS) is 12.8. The third kappa shape index (κ3) is 45.7. The van der Waals surface area contributed by atoms with Gasteiger partial charge in [0.2, 0.25) is 0 Å². The highest BCUT2D eigenvalue weighted by atomic mass is 16.6. The van der Waals surface area contributed by atoms with Crippen LogP contribution in [-0.4, -0.2) is 37.2 Å². The van der Waals surface area contributed by atoms with Gasteiger partial charge in [-0.25, -0.2) is 0 Å². The summed E-state index contributed by atoms with van der Waals surface area (Å²) < 4.78 is 16.7. The van der Waals surface area contributed by atoms with Gasteiger partial charge < -0.3 is 14.2 Å². The predicted octanol–water partition coefficient (Wildman–Crippen LogP) is 16.0. The van der Waals surface area contributed by atoms with Crippen LogP contribution in [0.4, 0.5) is 0 Å². The Kier molecular flexibility index (Phi) is 45.5. The maximum absolute atomic E-state index is 12.7. The van der Waals surface area contributed by atoms with E-state index in [1.165, 1.54) is 57.8 Å². The number of carbonyl (C=O) groups is 3. The zero-order valence-electron chi connectivity index (χ0n) is 38.9. The first-order valence-electron chi connectivity index (χ1n) is 24.6. The highest BCUT2D eigenvalue weighted by molar-refractivity contribution is 5.71. The van der Waals surface area contributed by atoms with Crippen molar-refractivity contribution >= 4 is 17.9 Å². The van der Waals surface area contributed by atoms with Gasteiger partial charge in [0, 0.05) is 19.3 Å². The third-order valence-electron chi connectivity index (χ3n) is 10.1. The van der Waals surface area contributed by atoms with Gasteiger partial charge in [0.05, 0.1) is 0 Å². The van der Waals surface area contributed by atoms with Crippen LogP contribution < -0.4 is 0 Å². The van der Waals surface area contributed by atoms with Crippen molar-refractivity contribution in [1.82, 2.24) is 0 Å². The van der Waals surface area contributed by atoms with E-state index in [0.29, 0.717) is 19.3 Å². The van der Waals surface area contributed by atoms with Crippen LogP contribution in [0, 0.1) is 0 Å². The summed E-state index contributed by atoms with van der Waals surface area (Å²) in [5.74, 6) is -0.933. The molecule has 1 atom stereocenters. The lowest BCUT2D eigenvalue weighted by molar-refractivity contribution is -0.167. The second kappa shape index (κ2) is 48.3. The van der Waals surface area contributed by atoms with E-state index in [-0.39, 0.29) is 31.1 Å². The molecule has 0 fully saturated rings. The molecule has 0 aliphatic carbocycles. The average Bonchev–Trinajstić information content (AvgIpc) is 3.24. The van der Waals surface area contributed by atoms with E-state index in [1.54, 1.807) is 0 Å². The molecule has 0 aliphatic heterocycles. The first-order valence-corrected chi connectivity index (χ1v) is 24.6. The Balaban J connectivity index is 4.31. The van der Waals surface area contributed by atoms with Crippen LogP contribution in [0.2, 0.25) is 0 Å². The molecule has 0 amide bonds. The Bertz CT molecular complexity index is 1190. The summed E-state index contributed by atoms with van der Waals surface area (Å²) in [5.41, 5.74) is 0. The molecule has 0 aromatic carbocycles. The number of hydrogen-bond donors (Lipinski definition) is 0. The molecule has 0 saturated heterocycles. The second-order valence-corrected chi connectivity index (χ2v) is 16.0. The molecule has 0 bridgehead atoms. The first kappa shape index (κ1) is 56.6. The Morgan fingerprint density at radius 2 is 0.667 bits per heavy atom. The van der Waals surface area contributed by atoms with Gasteiger partial charge in [-0.2, -0.15) is 0 Å². The van der Waals surface area contributed by atoms with Crippen molar-refractivity contribution in [2.45, 2.75) is 226 Å². The Hall–Kier alpha value is -3.41. The maximum Gasteiger partial charge on any atom is 0.306 e. The fourth-order valence-electron chi connectivity index (χ4n) is 6.42. The molecule has 0 aromatic heterocycles. The lowest BCUT2D eigenvalue weighted by Gasteiger charge is -2.18. The van der Waals surface area contributed by atoms with Gasteiger partial charge in [0.15, 0.2) is 6.10 Å². The van der Waals surface area contributed by atoms with Crippen LogP contribution in [-0.2, 0) is 28.6 Å². The van der Waals surface area contributed by atoms with E-state index < -0.39 is 6.10 Å². The molecule has 0 N–H and O–H groups in total. The highest BCUT2D eigenvalue weighted by Gasteiger charge is 2.19. The Labute approximate surface area is 369 Å². The van der Waals surface area contributed by atoms with Crippen LogP contribution in [0.5, 0.6) is 0 Å². The van der Waals surface area contributed by atoms with Crippen LogP contribution in [0.15, 0.2) is 85.1 Å². The standard InChI is InChI=1S/C54H90O6/c1-4-7-10-13-16-19-21-22-23-24-25-26-27-28-29-30-31-32-34-35-38-41-44-47-53(56)59-50-51(49-58-52(55)46-43-40-37-18-15-12-9-6-3)60-54(57)48-45-42-39-36-33-20-17-14-11-8-5-2/h7,10,14,16-17,19,22-23,25-26,28-29,31-32,51H,4-6,8-9,11-13,15,18,20-21,24,27,30,33-50H2,1-3H3/b10-7-,17-14-,19-16-,23-22-,26-25-,29-28-,32-31-. The fourth-order valence-corrected chi connectivity index (χ4v) is 6.42.